The summed E-state index contributed by atoms with van der Waals surface area (Å²) in [6.07, 6.45) is 11.1. The SMILES string of the molecule is Cn1ccnc1CSc1nccn2ccnc12. The smallest absolute Gasteiger partial charge is 0.169 e. The highest BCUT2D eigenvalue weighted by molar-refractivity contribution is 7.98. The van der Waals surface area contributed by atoms with Crippen molar-refractivity contribution in [3.8, 4) is 0 Å². The Hall–Kier alpha value is -1.82. The summed E-state index contributed by atoms with van der Waals surface area (Å²) in [7, 11) is 1.99. The van der Waals surface area contributed by atoms with Crippen LogP contribution in [0.1, 0.15) is 5.82 Å². The molecule has 0 radical (unpaired) electrons. The monoisotopic (exact) mass is 245 g/mol. The Kier molecular flexibility index (Phi) is 2.56. The van der Waals surface area contributed by atoms with Crippen molar-refractivity contribution in [3.05, 3.63) is 43.0 Å². The average Bonchev–Trinajstić information content (AvgIpc) is 2.95. The molecule has 3 aromatic heterocycles. The topological polar surface area (TPSA) is 48.0 Å². The van der Waals surface area contributed by atoms with Crippen molar-refractivity contribution in [1.82, 2.24) is 23.9 Å². The highest BCUT2D eigenvalue weighted by Crippen LogP contribution is 2.22. The van der Waals surface area contributed by atoms with Crippen molar-refractivity contribution >= 4 is 17.4 Å². The predicted octanol–water partition coefficient (Wildman–Crippen LogP) is 1.76. The third kappa shape index (κ3) is 1.91. The largest absolute Gasteiger partial charge is 0.337 e. The molecule has 0 aliphatic carbocycles. The molecule has 0 aliphatic heterocycles. The molecule has 86 valence electrons. The third-order valence-electron chi connectivity index (χ3n) is 2.54. The summed E-state index contributed by atoms with van der Waals surface area (Å²) in [4.78, 5) is 12.9. The molecule has 17 heavy (non-hydrogen) atoms. The summed E-state index contributed by atoms with van der Waals surface area (Å²) < 4.78 is 3.98. The van der Waals surface area contributed by atoms with Gasteiger partial charge in [-0.1, -0.05) is 11.8 Å². The van der Waals surface area contributed by atoms with E-state index in [1.807, 2.05) is 34.6 Å². The van der Waals surface area contributed by atoms with Crippen LogP contribution in [0.4, 0.5) is 0 Å². The van der Waals surface area contributed by atoms with E-state index >= 15 is 0 Å². The number of aryl methyl sites for hydroxylation is 1. The van der Waals surface area contributed by atoms with Crippen molar-refractivity contribution in [2.75, 3.05) is 0 Å². The molecule has 0 amide bonds. The molecular weight excluding hydrogens is 234 g/mol. The van der Waals surface area contributed by atoms with E-state index in [9.17, 15) is 0 Å². The first-order chi connectivity index (χ1) is 8.34. The van der Waals surface area contributed by atoms with Crippen molar-refractivity contribution in [2.45, 2.75) is 10.8 Å². The Morgan fingerprint density at radius 3 is 2.59 bits per heavy atom. The summed E-state index contributed by atoms with van der Waals surface area (Å²) in [6, 6.07) is 0. The normalized spacial score (nSPS) is 11.1. The van der Waals surface area contributed by atoms with Gasteiger partial charge >= 0.3 is 0 Å². The lowest BCUT2D eigenvalue weighted by Gasteiger charge is -2.02. The molecule has 0 atom stereocenters. The van der Waals surface area contributed by atoms with Crippen LogP contribution in [0.25, 0.3) is 5.65 Å². The molecule has 3 aromatic rings. The van der Waals surface area contributed by atoms with Crippen LogP contribution in [0.3, 0.4) is 0 Å². The van der Waals surface area contributed by atoms with E-state index in [0.717, 1.165) is 22.3 Å². The van der Waals surface area contributed by atoms with Crippen molar-refractivity contribution in [2.24, 2.45) is 7.05 Å². The zero-order chi connectivity index (χ0) is 11.7. The lowest BCUT2D eigenvalue weighted by Crippen LogP contribution is -1.96. The predicted molar refractivity (Wildman–Crippen MR) is 65.8 cm³/mol. The average molecular weight is 245 g/mol. The van der Waals surface area contributed by atoms with Crippen LogP contribution in [-0.2, 0) is 12.8 Å². The minimum atomic E-state index is 0.795. The lowest BCUT2D eigenvalue weighted by atomic mass is 10.7. The Labute approximate surface area is 103 Å². The molecule has 0 aliphatic rings. The van der Waals surface area contributed by atoms with Gasteiger partial charge in [-0.25, -0.2) is 15.0 Å². The summed E-state index contributed by atoms with van der Waals surface area (Å²) in [5.41, 5.74) is 0.895. The number of hydrogen-bond donors (Lipinski definition) is 0. The van der Waals surface area contributed by atoms with Gasteiger partial charge in [0.05, 0.1) is 5.75 Å². The molecule has 5 nitrogen and oxygen atoms in total. The highest BCUT2D eigenvalue weighted by Gasteiger charge is 2.06. The van der Waals surface area contributed by atoms with E-state index in [2.05, 4.69) is 15.0 Å². The number of hydrogen-bond acceptors (Lipinski definition) is 4. The first kappa shape index (κ1) is 10.3. The van der Waals surface area contributed by atoms with Gasteiger partial charge in [0.2, 0.25) is 0 Å². The summed E-state index contributed by atoms with van der Waals surface area (Å²) in [5.74, 6) is 1.83. The van der Waals surface area contributed by atoms with E-state index in [-0.39, 0.29) is 0 Å². The van der Waals surface area contributed by atoms with E-state index in [1.165, 1.54) is 0 Å². The fourth-order valence-corrected chi connectivity index (χ4v) is 2.57. The first-order valence-corrected chi connectivity index (χ1v) is 6.20. The van der Waals surface area contributed by atoms with Gasteiger partial charge in [-0.05, 0) is 0 Å². The molecule has 0 saturated carbocycles. The minimum absolute atomic E-state index is 0.795. The van der Waals surface area contributed by atoms with Gasteiger partial charge in [-0.3, -0.25) is 0 Å². The number of fused-ring (bicyclic) bond motifs is 1. The van der Waals surface area contributed by atoms with Crippen LogP contribution in [0.2, 0.25) is 0 Å². The Morgan fingerprint density at radius 2 is 1.82 bits per heavy atom. The summed E-state index contributed by atoms with van der Waals surface area (Å²) in [5, 5.41) is 0.931. The summed E-state index contributed by atoms with van der Waals surface area (Å²) >= 11 is 1.65. The second kappa shape index (κ2) is 4.21. The van der Waals surface area contributed by atoms with Crippen molar-refractivity contribution in [3.63, 3.8) is 0 Å². The van der Waals surface area contributed by atoms with Gasteiger partial charge in [0.25, 0.3) is 0 Å². The van der Waals surface area contributed by atoms with Gasteiger partial charge < -0.3 is 8.97 Å². The van der Waals surface area contributed by atoms with Gasteiger partial charge in [0.1, 0.15) is 10.9 Å². The molecule has 0 bridgehead atoms. The van der Waals surface area contributed by atoms with Crippen LogP contribution in [0.15, 0.2) is 42.2 Å². The molecule has 0 N–H and O–H groups in total. The molecule has 3 rings (SSSR count). The lowest BCUT2D eigenvalue weighted by molar-refractivity contribution is 0.848. The Bertz CT molecular complexity index is 642. The quantitative estimate of drug-likeness (QED) is 0.660. The molecule has 0 fully saturated rings. The van der Waals surface area contributed by atoms with Gasteiger partial charge in [-0.15, -0.1) is 0 Å². The number of nitrogens with zero attached hydrogens (tertiary/aromatic N) is 5. The van der Waals surface area contributed by atoms with E-state index in [1.54, 1.807) is 30.4 Å². The van der Waals surface area contributed by atoms with Crippen molar-refractivity contribution in [1.29, 1.82) is 0 Å². The van der Waals surface area contributed by atoms with Crippen LogP contribution < -0.4 is 0 Å². The fourth-order valence-electron chi connectivity index (χ4n) is 1.60. The molecule has 0 spiro atoms. The van der Waals surface area contributed by atoms with Gasteiger partial charge in [0, 0.05) is 44.2 Å². The fraction of sp³-hybridized carbons (Fsp3) is 0.182. The van der Waals surface area contributed by atoms with Gasteiger partial charge in [-0.2, -0.15) is 0 Å². The molecular formula is C11H11N5S. The Balaban J connectivity index is 1.86. The number of thioether (sulfide) groups is 1. The van der Waals surface area contributed by atoms with Crippen LogP contribution in [-0.4, -0.2) is 23.9 Å². The zero-order valence-electron chi connectivity index (χ0n) is 9.32. The van der Waals surface area contributed by atoms with Crippen molar-refractivity contribution < 1.29 is 0 Å². The van der Waals surface area contributed by atoms with E-state index < -0.39 is 0 Å². The summed E-state index contributed by atoms with van der Waals surface area (Å²) in [6.45, 7) is 0. The molecule has 3 heterocycles. The second-order valence-corrected chi connectivity index (χ2v) is 4.60. The van der Waals surface area contributed by atoms with E-state index in [4.69, 9.17) is 0 Å². The maximum absolute atomic E-state index is 4.35. The highest BCUT2D eigenvalue weighted by atomic mass is 32.2. The molecule has 6 heteroatoms. The molecule has 0 saturated heterocycles. The van der Waals surface area contributed by atoms with E-state index in [0.29, 0.717) is 0 Å². The maximum atomic E-state index is 4.35. The Morgan fingerprint density at radius 1 is 1.06 bits per heavy atom. The second-order valence-electron chi connectivity index (χ2n) is 3.63. The van der Waals surface area contributed by atoms with Crippen LogP contribution in [0, 0.1) is 0 Å². The number of imidazole rings is 2. The standard InChI is InChI=1S/C11H11N5S/c1-15-5-2-12-9(15)8-17-11-10-13-3-6-16(10)7-4-14-11/h2-7H,8H2,1H3. The first-order valence-electron chi connectivity index (χ1n) is 5.21. The van der Waals surface area contributed by atoms with Crippen LogP contribution >= 0.6 is 11.8 Å². The number of rotatable bonds is 3. The minimum Gasteiger partial charge on any atom is -0.337 e. The molecule has 0 aromatic carbocycles. The van der Waals surface area contributed by atoms with Crippen LogP contribution in [0.5, 0.6) is 0 Å². The molecule has 0 unspecified atom stereocenters. The number of aromatic nitrogens is 5. The zero-order valence-corrected chi connectivity index (χ0v) is 10.1. The van der Waals surface area contributed by atoms with Gasteiger partial charge in [0.15, 0.2) is 5.65 Å². The maximum Gasteiger partial charge on any atom is 0.169 e. The third-order valence-corrected chi connectivity index (χ3v) is 3.50.